The SMILES string of the molecule is CCCC(=N)c1cn(C2(c3ccc(-c4cnc(N)nc4)nc3)CCC2)cn1. The predicted octanol–water partition coefficient (Wildman–Crippen LogP) is 3.41. The van der Waals surface area contributed by atoms with Gasteiger partial charge in [-0.15, -0.1) is 0 Å². The van der Waals surface area contributed by atoms with Gasteiger partial charge in [0.25, 0.3) is 0 Å². The number of nitrogen functional groups attached to an aromatic ring is 1. The van der Waals surface area contributed by atoms with Crippen molar-refractivity contribution in [3.05, 3.63) is 54.5 Å². The van der Waals surface area contributed by atoms with Crippen molar-refractivity contribution >= 4 is 11.7 Å². The summed E-state index contributed by atoms with van der Waals surface area (Å²) >= 11 is 0. The lowest BCUT2D eigenvalue weighted by atomic mass is 9.72. The minimum atomic E-state index is -0.110. The average Bonchev–Trinajstić information content (AvgIpc) is 3.13. The third-order valence-corrected chi connectivity index (χ3v) is 5.34. The number of imidazole rings is 1. The molecule has 3 aromatic heterocycles. The Labute approximate surface area is 158 Å². The molecule has 1 fully saturated rings. The van der Waals surface area contributed by atoms with Crippen LogP contribution in [0.15, 0.2) is 43.2 Å². The van der Waals surface area contributed by atoms with E-state index in [2.05, 4.69) is 37.5 Å². The highest BCUT2D eigenvalue weighted by atomic mass is 15.1. The Morgan fingerprint density at radius 3 is 2.52 bits per heavy atom. The lowest BCUT2D eigenvalue weighted by Crippen LogP contribution is -2.41. The molecule has 7 nitrogen and oxygen atoms in total. The van der Waals surface area contributed by atoms with Crippen LogP contribution in [0, 0.1) is 5.41 Å². The van der Waals surface area contributed by atoms with Crippen molar-refractivity contribution in [3.63, 3.8) is 0 Å². The molecule has 0 bridgehead atoms. The molecule has 3 N–H and O–H groups in total. The molecule has 3 aromatic rings. The zero-order chi connectivity index (χ0) is 18.9. The van der Waals surface area contributed by atoms with E-state index in [1.54, 1.807) is 12.4 Å². The van der Waals surface area contributed by atoms with Gasteiger partial charge in [-0.1, -0.05) is 19.4 Å². The third kappa shape index (κ3) is 3.09. The van der Waals surface area contributed by atoms with Gasteiger partial charge in [-0.25, -0.2) is 15.0 Å². The predicted molar refractivity (Wildman–Crippen MR) is 105 cm³/mol. The number of anilines is 1. The fourth-order valence-electron chi connectivity index (χ4n) is 3.61. The van der Waals surface area contributed by atoms with E-state index in [-0.39, 0.29) is 11.5 Å². The van der Waals surface area contributed by atoms with Gasteiger partial charge in [0.1, 0.15) is 5.69 Å². The smallest absolute Gasteiger partial charge is 0.219 e. The first-order chi connectivity index (χ1) is 13.1. The van der Waals surface area contributed by atoms with Crippen LogP contribution in [0.4, 0.5) is 5.95 Å². The maximum absolute atomic E-state index is 8.16. The van der Waals surface area contributed by atoms with Crippen molar-refractivity contribution in [2.45, 2.75) is 44.6 Å². The van der Waals surface area contributed by atoms with E-state index in [1.807, 2.05) is 24.8 Å². The number of hydrogen-bond donors (Lipinski definition) is 2. The van der Waals surface area contributed by atoms with Crippen molar-refractivity contribution in [2.75, 3.05) is 5.73 Å². The van der Waals surface area contributed by atoms with Crippen LogP contribution in [0.1, 0.15) is 50.3 Å². The molecule has 3 heterocycles. The molecular formula is C20H23N7. The Balaban J connectivity index is 1.62. The van der Waals surface area contributed by atoms with E-state index < -0.39 is 0 Å². The summed E-state index contributed by atoms with van der Waals surface area (Å²) in [6.07, 6.45) is 14.2. The molecule has 0 atom stereocenters. The Kier molecular flexibility index (Phi) is 4.43. The van der Waals surface area contributed by atoms with Crippen LogP contribution in [0.2, 0.25) is 0 Å². The van der Waals surface area contributed by atoms with Crippen LogP contribution in [0.25, 0.3) is 11.3 Å². The molecule has 0 spiro atoms. The Hall–Kier alpha value is -3.09. The van der Waals surface area contributed by atoms with Crippen LogP contribution < -0.4 is 5.73 Å². The molecule has 138 valence electrons. The van der Waals surface area contributed by atoms with Gasteiger partial charge >= 0.3 is 0 Å². The maximum Gasteiger partial charge on any atom is 0.219 e. The zero-order valence-electron chi connectivity index (χ0n) is 15.4. The van der Waals surface area contributed by atoms with E-state index in [0.717, 1.165) is 42.6 Å². The van der Waals surface area contributed by atoms with E-state index in [0.29, 0.717) is 5.71 Å². The maximum atomic E-state index is 8.16. The molecule has 0 aliphatic heterocycles. The van der Waals surface area contributed by atoms with Crippen molar-refractivity contribution in [3.8, 4) is 11.3 Å². The van der Waals surface area contributed by atoms with Crippen LogP contribution in [0.5, 0.6) is 0 Å². The molecular weight excluding hydrogens is 338 g/mol. The van der Waals surface area contributed by atoms with Gasteiger partial charge in [0.15, 0.2) is 0 Å². The van der Waals surface area contributed by atoms with Crippen molar-refractivity contribution < 1.29 is 0 Å². The summed E-state index contributed by atoms with van der Waals surface area (Å²) in [5, 5.41) is 8.16. The topological polar surface area (TPSA) is 106 Å². The van der Waals surface area contributed by atoms with Crippen LogP contribution in [-0.2, 0) is 5.54 Å². The Morgan fingerprint density at radius 2 is 1.93 bits per heavy atom. The van der Waals surface area contributed by atoms with Crippen molar-refractivity contribution in [1.82, 2.24) is 24.5 Å². The highest BCUT2D eigenvalue weighted by molar-refractivity contribution is 5.96. The molecule has 7 heteroatoms. The number of rotatable bonds is 6. The van der Waals surface area contributed by atoms with Gasteiger partial charge in [-0.05, 0) is 37.3 Å². The van der Waals surface area contributed by atoms with E-state index in [9.17, 15) is 0 Å². The number of aromatic nitrogens is 5. The summed E-state index contributed by atoms with van der Waals surface area (Å²) in [7, 11) is 0. The quantitative estimate of drug-likeness (QED) is 0.654. The van der Waals surface area contributed by atoms with E-state index in [1.165, 1.54) is 12.0 Å². The molecule has 27 heavy (non-hydrogen) atoms. The standard InChI is InChI=1S/C20H23N7/c1-2-4-16(21)18-12-27(13-26-18)20(7-3-8-20)15-5-6-17(23-11-15)14-9-24-19(22)25-10-14/h5-6,9-13,21H,2-4,7-8H2,1H3,(H2,22,24,25). The highest BCUT2D eigenvalue weighted by Crippen LogP contribution is 2.45. The lowest BCUT2D eigenvalue weighted by molar-refractivity contribution is 0.196. The molecule has 1 aliphatic carbocycles. The summed E-state index contributed by atoms with van der Waals surface area (Å²) in [5.74, 6) is 0.258. The molecule has 4 rings (SSSR count). The van der Waals surface area contributed by atoms with E-state index >= 15 is 0 Å². The summed E-state index contributed by atoms with van der Waals surface area (Å²) in [5.41, 5.74) is 9.64. The molecule has 0 amide bonds. The largest absolute Gasteiger partial charge is 0.368 e. The summed E-state index contributed by atoms with van der Waals surface area (Å²) < 4.78 is 2.17. The molecule has 0 unspecified atom stereocenters. The van der Waals surface area contributed by atoms with Gasteiger partial charge in [0.2, 0.25) is 5.95 Å². The molecule has 0 saturated heterocycles. The third-order valence-electron chi connectivity index (χ3n) is 5.34. The summed E-state index contributed by atoms with van der Waals surface area (Å²) in [6, 6.07) is 4.12. The normalized spacial score (nSPS) is 15.3. The average molecular weight is 361 g/mol. The van der Waals surface area contributed by atoms with Crippen molar-refractivity contribution in [2.24, 2.45) is 0 Å². The molecule has 0 radical (unpaired) electrons. The van der Waals surface area contributed by atoms with Gasteiger partial charge in [0, 0.05) is 30.4 Å². The number of nitrogens with two attached hydrogens (primary N) is 1. The number of hydrogen-bond acceptors (Lipinski definition) is 6. The number of nitrogens with one attached hydrogen (secondary N) is 1. The fourth-order valence-corrected chi connectivity index (χ4v) is 3.61. The van der Waals surface area contributed by atoms with Crippen LogP contribution in [-0.4, -0.2) is 30.2 Å². The van der Waals surface area contributed by atoms with Crippen LogP contribution in [0.3, 0.4) is 0 Å². The van der Waals surface area contributed by atoms with Gasteiger partial charge < -0.3 is 15.7 Å². The summed E-state index contributed by atoms with van der Waals surface area (Å²) in [4.78, 5) is 17.2. The lowest BCUT2D eigenvalue weighted by Gasteiger charge is -2.43. The number of nitrogens with zero attached hydrogens (tertiary/aromatic N) is 5. The summed E-state index contributed by atoms with van der Waals surface area (Å²) in [6.45, 7) is 2.08. The first kappa shape index (κ1) is 17.3. The molecule has 1 aliphatic rings. The van der Waals surface area contributed by atoms with E-state index in [4.69, 9.17) is 11.1 Å². The molecule has 0 aromatic carbocycles. The van der Waals surface area contributed by atoms with Gasteiger partial charge in [-0.2, -0.15) is 0 Å². The number of pyridine rings is 1. The van der Waals surface area contributed by atoms with Gasteiger partial charge in [-0.3, -0.25) is 4.98 Å². The fraction of sp³-hybridized carbons (Fsp3) is 0.350. The minimum absolute atomic E-state index is 0.110. The second kappa shape index (κ2) is 6.90. The van der Waals surface area contributed by atoms with Crippen LogP contribution >= 0.6 is 0 Å². The molecule has 1 saturated carbocycles. The zero-order valence-corrected chi connectivity index (χ0v) is 15.4. The highest BCUT2D eigenvalue weighted by Gasteiger charge is 2.40. The first-order valence-electron chi connectivity index (χ1n) is 9.29. The Bertz CT molecular complexity index is 937. The second-order valence-electron chi connectivity index (χ2n) is 7.04. The van der Waals surface area contributed by atoms with Gasteiger partial charge in [0.05, 0.1) is 23.3 Å². The monoisotopic (exact) mass is 361 g/mol. The minimum Gasteiger partial charge on any atom is -0.368 e. The van der Waals surface area contributed by atoms with Crippen molar-refractivity contribution in [1.29, 1.82) is 5.41 Å². The Morgan fingerprint density at radius 1 is 1.15 bits per heavy atom. The first-order valence-corrected chi connectivity index (χ1v) is 9.29. The second-order valence-corrected chi connectivity index (χ2v) is 7.04.